The van der Waals surface area contributed by atoms with Gasteiger partial charge in [0.05, 0.1) is 19.1 Å². The summed E-state index contributed by atoms with van der Waals surface area (Å²) in [4.78, 5) is 16.9. The highest BCUT2D eigenvalue weighted by Gasteiger charge is 2.25. The quantitative estimate of drug-likeness (QED) is 0.794. The van der Waals surface area contributed by atoms with E-state index >= 15 is 0 Å². The molecule has 1 aromatic carbocycles. The smallest absolute Gasteiger partial charge is 0.225 e. The fourth-order valence-electron chi connectivity index (χ4n) is 3.62. The Balaban J connectivity index is 1.46. The Morgan fingerprint density at radius 1 is 1.20 bits per heavy atom. The zero-order chi connectivity index (χ0) is 17.5. The SMILES string of the molecule is CCOc1ccccc1CN1CCN(C(=O)CC2CCCCO2)CC1. The Kier molecular flexibility index (Phi) is 6.70. The molecule has 25 heavy (non-hydrogen) atoms. The van der Waals surface area contributed by atoms with Crippen LogP contribution in [0.1, 0.15) is 38.2 Å². The van der Waals surface area contributed by atoms with E-state index in [0.717, 1.165) is 57.9 Å². The summed E-state index contributed by atoms with van der Waals surface area (Å²) in [5.74, 6) is 1.22. The minimum atomic E-state index is 0.136. The summed E-state index contributed by atoms with van der Waals surface area (Å²) in [6.45, 7) is 7.83. The summed E-state index contributed by atoms with van der Waals surface area (Å²) < 4.78 is 11.4. The first kappa shape index (κ1) is 18.2. The average Bonchev–Trinajstić information content (AvgIpc) is 2.65. The molecule has 0 saturated carbocycles. The van der Waals surface area contributed by atoms with Gasteiger partial charge in [0.25, 0.3) is 0 Å². The van der Waals surface area contributed by atoms with Crippen molar-refractivity contribution in [3.8, 4) is 5.75 Å². The van der Waals surface area contributed by atoms with Crippen LogP contribution < -0.4 is 4.74 Å². The molecular formula is C20H30N2O3. The van der Waals surface area contributed by atoms with Crippen LogP contribution in [0.5, 0.6) is 5.75 Å². The molecule has 0 radical (unpaired) electrons. The first-order valence-electron chi connectivity index (χ1n) is 9.58. The van der Waals surface area contributed by atoms with E-state index in [-0.39, 0.29) is 12.0 Å². The number of benzene rings is 1. The number of carbonyl (C=O) groups is 1. The molecule has 5 nitrogen and oxygen atoms in total. The Hall–Kier alpha value is -1.59. The molecule has 0 aliphatic carbocycles. The van der Waals surface area contributed by atoms with Gasteiger partial charge in [-0.2, -0.15) is 0 Å². The van der Waals surface area contributed by atoms with Crippen molar-refractivity contribution >= 4 is 5.91 Å². The third-order valence-corrected chi connectivity index (χ3v) is 5.07. The van der Waals surface area contributed by atoms with Crippen LogP contribution in [0.25, 0.3) is 0 Å². The second-order valence-electron chi connectivity index (χ2n) is 6.89. The number of nitrogens with zero attached hydrogens (tertiary/aromatic N) is 2. The van der Waals surface area contributed by atoms with Gasteiger partial charge >= 0.3 is 0 Å². The van der Waals surface area contributed by atoms with Gasteiger partial charge in [-0.3, -0.25) is 9.69 Å². The minimum absolute atomic E-state index is 0.136. The van der Waals surface area contributed by atoms with Crippen molar-refractivity contribution in [2.45, 2.75) is 45.3 Å². The predicted octanol–water partition coefficient (Wildman–Crippen LogP) is 2.69. The molecule has 3 rings (SSSR count). The van der Waals surface area contributed by atoms with E-state index in [0.29, 0.717) is 13.0 Å². The molecule has 2 saturated heterocycles. The van der Waals surface area contributed by atoms with Gasteiger partial charge in [0.15, 0.2) is 0 Å². The van der Waals surface area contributed by atoms with Crippen molar-refractivity contribution in [3.05, 3.63) is 29.8 Å². The lowest BCUT2D eigenvalue weighted by molar-refractivity contribution is -0.136. The highest BCUT2D eigenvalue weighted by molar-refractivity contribution is 5.76. The standard InChI is InChI=1S/C20H30N2O3/c1-2-24-19-9-4-3-7-17(19)16-21-10-12-22(13-11-21)20(23)15-18-8-5-6-14-25-18/h3-4,7,9,18H,2,5-6,8,10-16H2,1H3. The maximum absolute atomic E-state index is 12.5. The topological polar surface area (TPSA) is 42.0 Å². The first-order valence-corrected chi connectivity index (χ1v) is 9.58. The van der Waals surface area contributed by atoms with Crippen LogP contribution in [0.3, 0.4) is 0 Å². The molecule has 0 spiro atoms. The average molecular weight is 346 g/mol. The largest absolute Gasteiger partial charge is 0.494 e. The molecule has 1 amide bonds. The van der Waals surface area contributed by atoms with Crippen molar-refractivity contribution in [3.63, 3.8) is 0 Å². The zero-order valence-corrected chi connectivity index (χ0v) is 15.3. The highest BCUT2D eigenvalue weighted by atomic mass is 16.5. The lowest BCUT2D eigenvalue weighted by Crippen LogP contribution is -2.49. The number of hydrogen-bond acceptors (Lipinski definition) is 4. The molecule has 0 bridgehead atoms. The van der Waals surface area contributed by atoms with E-state index in [1.807, 2.05) is 24.0 Å². The number of carbonyl (C=O) groups excluding carboxylic acids is 1. The van der Waals surface area contributed by atoms with E-state index in [4.69, 9.17) is 9.47 Å². The summed E-state index contributed by atoms with van der Waals surface area (Å²) >= 11 is 0. The Bertz CT molecular complexity index is 550. The fraction of sp³-hybridized carbons (Fsp3) is 0.650. The Labute approximate surface area is 150 Å². The lowest BCUT2D eigenvalue weighted by Gasteiger charge is -2.36. The van der Waals surface area contributed by atoms with Gasteiger partial charge in [-0.1, -0.05) is 18.2 Å². The van der Waals surface area contributed by atoms with Gasteiger partial charge in [0.2, 0.25) is 5.91 Å². The Morgan fingerprint density at radius 2 is 2.00 bits per heavy atom. The first-order chi connectivity index (χ1) is 12.3. The second-order valence-corrected chi connectivity index (χ2v) is 6.89. The lowest BCUT2D eigenvalue weighted by atomic mass is 10.1. The summed E-state index contributed by atoms with van der Waals surface area (Å²) in [7, 11) is 0. The van der Waals surface area contributed by atoms with Crippen molar-refractivity contribution in [1.82, 2.24) is 9.80 Å². The minimum Gasteiger partial charge on any atom is -0.494 e. The molecule has 1 aromatic rings. The monoisotopic (exact) mass is 346 g/mol. The number of ether oxygens (including phenoxy) is 2. The van der Waals surface area contributed by atoms with Crippen molar-refractivity contribution in [1.29, 1.82) is 0 Å². The van der Waals surface area contributed by atoms with Crippen LogP contribution in [0.2, 0.25) is 0 Å². The predicted molar refractivity (Wildman–Crippen MR) is 97.7 cm³/mol. The van der Waals surface area contributed by atoms with Crippen molar-refractivity contribution in [2.24, 2.45) is 0 Å². The number of rotatable bonds is 6. The molecule has 2 heterocycles. The molecule has 2 aliphatic heterocycles. The van der Waals surface area contributed by atoms with Crippen LogP contribution in [0, 0.1) is 0 Å². The van der Waals surface area contributed by atoms with E-state index < -0.39 is 0 Å². The van der Waals surface area contributed by atoms with Gasteiger partial charge in [-0.15, -0.1) is 0 Å². The zero-order valence-electron chi connectivity index (χ0n) is 15.3. The number of para-hydroxylation sites is 1. The molecular weight excluding hydrogens is 316 g/mol. The summed E-state index contributed by atoms with van der Waals surface area (Å²) in [5, 5.41) is 0. The maximum atomic E-state index is 12.5. The van der Waals surface area contributed by atoms with Gasteiger partial charge in [0.1, 0.15) is 5.75 Å². The van der Waals surface area contributed by atoms with E-state index in [2.05, 4.69) is 17.0 Å². The van der Waals surface area contributed by atoms with Crippen LogP contribution in [0.4, 0.5) is 0 Å². The van der Waals surface area contributed by atoms with Crippen molar-refractivity contribution in [2.75, 3.05) is 39.4 Å². The molecule has 5 heteroatoms. The van der Waals surface area contributed by atoms with Crippen LogP contribution >= 0.6 is 0 Å². The number of amides is 1. The molecule has 1 atom stereocenters. The number of piperazine rings is 1. The Morgan fingerprint density at radius 3 is 2.72 bits per heavy atom. The van der Waals surface area contributed by atoms with Crippen LogP contribution in [-0.2, 0) is 16.1 Å². The summed E-state index contributed by atoms with van der Waals surface area (Å²) in [5.41, 5.74) is 1.22. The summed E-state index contributed by atoms with van der Waals surface area (Å²) in [6.07, 6.45) is 4.03. The van der Waals surface area contributed by atoms with E-state index in [1.54, 1.807) is 0 Å². The van der Waals surface area contributed by atoms with Crippen molar-refractivity contribution < 1.29 is 14.3 Å². The van der Waals surface area contributed by atoms with Gasteiger partial charge in [0, 0.05) is 44.9 Å². The number of hydrogen-bond donors (Lipinski definition) is 0. The summed E-state index contributed by atoms with van der Waals surface area (Å²) in [6, 6.07) is 8.23. The third-order valence-electron chi connectivity index (χ3n) is 5.07. The molecule has 2 fully saturated rings. The van der Waals surface area contributed by atoms with Gasteiger partial charge in [-0.25, -0.2) is 0 Å². The van der Waals surface area contributed by atoms with E-state index in [9.17, 15) is 4.79 Å². The van der Waals surface area contributed by atoms with E-state index in [1.165, 1.54) is 12.0 Å². The molecule has 2 aliphatic rings. The molecule has 138 valence electrons. The van der Waals surface area contributed by atoms with Crippen LogP contribution in [-0.4, -0.2) is 61.2 Å². The molecule has 1 unspecified atom stereocenters. The van der Waals surface area contributed by atoms with Crippen LogP contribution in [0.15, 0.2) is 24.3 Å². The highest BCUT2D eigenvalue weighted by Crippen LogP contribution is 2.21. The normalized spacial score (nSPS) is 22.0. The fourth-order valence-corrected chi connectivity index (χ4v) is 3.62. The maximum Gasteiger partial charge on any atom is 0.225 e. The second kappa shape index (κ2) is 9.20. The van der Waals surface area contributed by atoms with Gasteiger partial charge in [-0.05, 0) is 32.3 Å². The van der Waals surface area contributed by atoms with Gasteiger partial charge < -0.3 is 14.4 Å². The third kappa shape index (κ3) is 5.19. The molecule has 0 N–H and O–H groups in total. The molecule has 0 aromatic heterocycles.